The Morgan fingerprint density at radius 1 is 1.71 bits per heavy atom. The maximum Gasteiger partial charge on any atom is 0.350 e. The first-order valence-corrected chi connectivity index (χ1v) is 5.34. The molecule has 0 amide bonds. The van der Waals surface area contributed by atoms with Gasteiger partial charge in [0.05, 0.1) is 12.8 Å². The molecular formula is C9H14N2O2S. The standard InChI is InChI=1S/C9H14N2O2S/c1-4-13-8(12)7-5-10-9(14-7)11-6(2)3/h5-6H,4H2,1-3H3,(H,10,11). The van der Waals surface area contributed by atoms with Crippen molar-refractivity contribution in [2.45, 2.75) is 26.8 Å². The Hall–Kier alpha value is -1.10. The van der Waals surface area contributed by atoms with Crippen molar-refractivity contribution >= 4 is 22.4 Å². The Morgan fingerprint density at radius 2 is 2.43 bits per heavy atom. The molecule has 0 spiro atoms. The lowest BCUT2D eigenvalue weighted by molar-refractivity contribution is 0.0532. The van der Waals surface area contributed by atoms with Crippen molar-refractivity contribution in [1.82, 2.24) is 4.98 Å². The number of aromatic nitrogens is 1. The summed E-state index contributed by atoms with van der Waals surface area (Å²) in [5.41, 5.74) is 0. The van der Waals surface area contributed by atoms with Crippen LogP contribution in [0, 0.1) is 0 Å². The van der Waals surface area contributed by atoms with Gasteiger partial charge in [0.15, 0.2) is 5.13 Å². The second kappa shape index (κ2) is 4.95. The van der Waals surface area contributed by atoms with Crippen LogP contribution in [0.15, 0.2) is 6.20 Å². The molecule has 0 unspecified atom stereocenters. The number of hydrogen-bond acceptors (Lipinski definition) is 5. The summed E-state index contributed by atoms with van der Waals surface area (Å²) in [6.07, 6.45) is 1.54. The van der Waals surface area contributed by atoms with E-state index in [0.717, 1.165) is 5.13 Å². The van der Waals surface area contributed by atoms with Crippen LogP contribution in [0.3, 0.4) is 0 Å². The van der Waals surface area contributed by atoms with Crippen LogP contribution in [0.4, 0.5) is 5.13 Å². The predicted molar refractivity (Wildman–Crippen MR) is 56.8 cm³/mol. The van der Waals surface area contributed by atoms with Crippen LogP contribution in [-0.2, 0) is 4.74 Å². The van der Waals surface area contributed by atoms with E-state index >= 15 is 0 Å². The van der Waals surface area contributed by atoms with Crippen LogP contribution in [0.5, 0.6) is 0 Å². The van der Waals surface area contributed by atoms with Gasteiger partial charge in [-0.1, -0.05) is 11.3 Å². The van der Waals surface area contributed by atoms with E-state index in [9.17, 15) is 4.79 Å². The molecule has 0 radical (unpaired) electrons. The van der Waals surface area contributed by atoms with Crippen molar-refractivity contribution in [2.75, 3.05) is 11.9 Å². The SMILES string of the molecule is CCOC(=O)c1cnc(NC(C)C)s1. The minimum atomic E-state index is -0.304. The van der Waals surface area contributed by atoms with Gasteiger partial charge < -0.3 is 10.1 Å². The van der Waals surface area contributed by atoms with E-state index in [1.807, 2.05) is 13.8 Å². The molecule has 0 bridgehead atoms. The lowest BCUT2D eigenvalue weighted by Gasteiger charge is -2.03. The molecule has 1 heterocycles. The topological polar surface area (TPSA) is 51.2 Å². The van der Waals surface area contributed by atoms with Gasteiger partial charge in [0, 0.05) is 6.04 Å². The maximum atomic E-state index is 11.3. The Balaban J connectivity index is 2.63. The van der Waals surface area contributed by atoms with Crippen LogP contribution in [0.2, 0.25) is 0 Å². The van der Waals surface area contributed by atoms with Crippen LogP contribution >= 0.6 is 11.3 Å². The monoisotopic (exact) mass is 214 g/mol. The fourth-order valence-electron chi connectivity index (χ4n) is 0.884. The molecule has 0 aliphatic rings. The molecular weight excluding hydrogens is 200 g/mol. The minimum absolute atomic E-state index is 0.304. The van der Waals surface area contributed by atoms with Crippen LogP contribution in [-0.4, -0.2) is 23.6 Å². The number of hydrogen-bond donors (Lipinski definition) is 1. The number of rotatable bonds is 4. The van der Waals surface area contributed by atoms with Gasteiger partial charge in [0.2, 0.25) is 0 Å². The molecule has 0 aliphatic heterocycles. The van der Waals surface area contributed by atoms with Gasteiger partial charge >= 0.3 is 5.97 Å². The third-order valence-electron chi connectivity index (χ3n) is 1.39. The minimum Gasteiger partial charge on any atom is -0.462 e. The fraction of sp³-hybridized carbons (Fsp3) is 0.556. The number of carbonyl (C=O) groups excluding carboxylic acids is 1. The molecule has 4 nitrogen and oxygen atoms in total. The van der Waals surface area contributed by atoms with Crippen molar-refractivity contribution in [1.29, 1.82) is 0 Å². The molecule has 0 aliphatic carbocycles. The number of nitrogens with zero attached hydrogens (tertiary/aromatic N) is 1. The van der Waals surface area contributed by atoms with E-state index in [1.54, 1.807) is 6.92 Å². The molecule has 14 heavy (non-hydrogen) atoms. The second-order valence-electron chi connectivity index (χ2n) is 3.05. The smallest absolute Gasteiger partial charge is 0.350 e. The van der Waals surface area contributed by atoms with Gasteiger partial charge in [-0.05, 0) is 20.8 Å². The van der Waals surface area contributed by atoms with Gasteiger partial charge in [-0.15, -0.1) is 0 Å². The summed E-state index contributed by atoms with van der Waals surface area (Å²) in [6.45, 7) is 6.22. The van der Waals surface area contributed by atoms with Gasteiger partial charge in [-0.25, -0.2) is 9.78 Å². The fourth-order valence-corrected chi connectivity index (χ4v) is 1.74. The van der Waals surface area contributed by atoms with Crippen molar-refractivity contribution < 1.29 is 9.53 Å². The molecule has 0 atom stereocenters. The molecule has 0 aromatic carbocycles. The third kappa shape index (κ3) is 2.99. The Labute approximate surface area is 87.3 Å². The van der Waals surface area contributed by atoms with Gasteiger partial charge in [-0.2, -0.15) is 0 Å². The zero-order chi connectivity index (χ0) is 10.6. The van der Waals surface area contributed by atoms with E-state index in [4.69, 9.17) is 4.74 Å². The van der Waals surface area contributed by atoms with Crippen molar-refractivity contribution in [3.63, 3.8) is 0 Å². The average Bonchev–Trinajstić information content (AvgIpc) is 2.52. The van der Waals surface area contributed by atoms with E-state index in [1.165, 1.54) is 17.5 Å². The van der Waals surface area contributed by atoms with E-state index < -0.39 is 0 Å². The second-order valence-corrected chi connectivity index (χ2v) is 4.08. The molecule has 0 fully saturated rings. The van der Waals surface area contributed by atoms with Crippen molar-refractivity contribution in [3.05, 3.63) is 11.1 Å². The highest BCUT2D eigenvalue weighted by atomic mass is 32.1. The highest BCUT2D eigenvalue weighted by molar-refractivity contribution is 7.17. The molecule has 1 aromatic heterocycles. The Kier molecular flexibility index (Phi) is 3.88. The largest absolute Gasteiger partial charge is 0.462 e. The summed E-state index contributed by atoms with van der Waals surface area (Å²) in [4.78, 5) is 15.9. The van der Waals surface area contributed by atoms with Gasteiger partial charge in [-0.3, -0.25) is 0 Å². The lowest BCUT2D eigenvalue weighted by Crippen LogP contribution is -2.08. The Morgan fingerprint density at radius 3 is 3.00 bits per heavy atom. The zero-order valence-corrected chi connectivity index (χ0v) is 9.35. The van der Waals surface area contributed by atoms with Crippen LogP contribution < -0.4 is 5.32 Å². The quantitative estimate of drug-likeness (QED) is 0.780. The highest BCUT2D eigenvalue weighted by Crippen LogP contribution is 2.19. The Bertz CT molecular complexity index is 310. The number of ether oxygens (including phenoxy) is 1. The third-order valence-corrected chi connectivity index (χ3v) is 2.30. The van der Waals surface area contributed by atoms with E-state index in [-0.39, 0.29) is 5.97 Å². The molecule has 5 heteroatoms. The number of thiazole rings is 1. The first-order chi connectivity index (χ1) is 6.63. The summed E-state index contributed by atoms with van der Waals surface area (Å²) < 4.78 is 4.85. The number of carbonyl (C=O) groups is 1. The zero-order valence-electron chi connectivity index (χ0n) is 8.53. The first-order valence-electron chi connectivity index (χ1n) is 4.53. The summed E-state index contributed by atoms with van der Waals surface area (Å²) in [7, 11) is 0. The summed E-state index contributed by atoms with van der Waals surface area (Å²) in [5.74, 6) is -0.304. The maximum absolute atomic E-state index is 11.3. The highest BCUT2D eigenvalue weighted by Gasteiger charge is 2.11. The lowest BCUT2D eigenvalue weighted by atomic mass is 10.4. The average molecular weight is 214 g/mol. The van der Waals surface area contributed by atoms with Crippen molar-refractivity contribution in [2.24, 2.45) is 0 Å². The summed E-state index contributed by atoms with van der Waals surface area (Å²) in [6, 6.07) is 0.316. The molecule has 1 rings (SSSR count). The van der Waals surface area contributed by atoms with Crippen LogP contribution in [0.25, 0.3) is 0 Å². The molecule has 78 valence electrons. The molecule has 1 N–H and O–H groups in total. The molecule has 1 aromatic rings. The normalized spacial score (nSPS) is 10.3. The number of esters is 1. The van der Waals surface area contributed by atoms with E-state index in [0.29, 0.717) is 17.5 Å². The number of anilines is 1. The van der Waals surface area contributed by atoms with Gasteiger partial charge in [0.25, 0.3) is 0 Å². The van der Waals surface area contributed by atoms with Gasteiger partial charge in [0.1, 0.15) is 4.88 Å². The van der Waals surface area contributed by atoms with Crippen LogP contribution in [0.1, 0.15) is 30.4 Å². The summed E-state index contributed by atoms with van der Waals surface area (Å²) >= 11 is 1.31. The van der Waals surface area contributed by atoms with E-state index in [2.05, 4.69) is 10.3 Å². The van der Waals surface area contributed by atoms with Crippen molar-refractivity contribution in [3.8, 4) is 0 Å². The predicted octanol–water partition coefficient (Wildman–Crippen LogP) is 2.14. The first kappa shape index (κ1) is 11.0. The molecule has 0 saturated carbocycles. The number of nitrogens with one attached hydrogen (secondary N) is 1. The molecule has 0 saturated heterocycles. The summed E-state index contributed by atoms with van der Waals surface area (Å²) in [5, 5.41) is 3.87.